The summed E-state index contributed by atoms with van der Waals surface area (Å²) in [5.41, 5.74) is 1.14. The molecule has 2 rings (SSSR count). The third kappa shape index (κ3) is 3.42. The zero-order valence-electron chi connectivity index (χ0n) is 10.4. The van der Waals surface area contributed by atoms with Gasteiger partial charge in [-0.2, -0.15) is 5.10 Å². The van der Waals surface area contributed by atoms with Gasteiger partial charge in [0.1, 0.15) is 5.82 Å². The van der Waals surface area contributed by atoms with Crippen molar-refractivity contribution in [1.29, 1.82) is 0 Å². The Hall–Kier alpha value is -1.62. The fourth-order valence-corrected chi connectivity index (χ4v) is 1.78. The van der Waals surface area contributed by atoms with Crippen molar-refractivity contribution in [2.24, 2.45) is 7.05 Å². The van der Waals surface area contributed by atoms with Gasteiger partial charge in [-0.3, -0.25) is 4.68 Å². The molecule has 0 aliphatic heterocycles. The van der Waals surface area contributed by atoms with Gasteiger partial charge in [0.05, 0.1) is 5.69 Å². The minimum atomic E-state index is 0.962. The van der Waals surface area contributed by atoms with Crippen LogP contribution in [0.5, 0.6) is 0 Å². The molecular weight excluding hydrogens is 214 g/mol. The Morgan fingerprint density at radius 2 is 2.18 bits per heavy atom. The Morgan fingerprint density at radius 1 is 1.29 bits per heavy atom. The molecule has 0 aliphatic carbocycles. The van der Waals surface area contributed by atoms with Crippen LogP contribution < -0.4 is 5.32 Å². The molecule has 0 amide bonds. The lowest BCUT2D eigenvalue weighted by molar-refractivity contribution is 0.584. The van der Waals surface area contributed by atoms with Crippen molar-refractivity contribution in [3.63, 3.8) is 0 Å². The van der Waals surface area contributed by atoms with Gasteiger partial charge < -0.3 is 9.88 Å². The van der Waals surface area contributed by atoms with Crippen LogP contribution in [0.3, 0.4) is 0 Å². The van der Waals surface area contributed by atoms with Gasteiger partial charge >= 0.3 is 0 Å². The zero-order chi connectivity index (χ0) is 12.1. The average molecular weight is 233 g/mol. The smallest absolute Gasteiger partial charge is 0.105 e. The highest BCUT2D eigenvalue weighted by Crippen LogP contribution is 1.95. The van der Waals surface area contributed by atoms with Gasteiger partial charge in [0.25, 0.3) is 0 Å². The standard InChI is InChI=1S/C12H19N5/c1-11-14-7-10-17(11)9-6-13-5-3-12-4-8-16(2)15-12/h4,7-8,10,13H,3,5-6,9H2,1-2H3. The Labute approximate surface area is 101 Å². The first-order valence-corrected chi connectivity index (χ1v) is 5.92. The first-order chi connectivity index (χ1) is 8.25. The molecule has 0 saturated carbocycles. The summed E-state index contributed by atoms with van der Waals surface area (Å²) in [5, 5.41) is 7.74. The van der Waals surface area contributed by atoms with Crippen molar-refractivity contribution in [1.82, 2.24) is 24.6 Å². The Morgan fingerprint density at radius 3 is 2.82 bits per heavy atom. The molecule has 5 nitrogen and oxygen atoms in total. The quantitative estimate of drug-likeness (QED) is 0.749. The molecular formula is C12H19N5. The van der Waals surface area contributed by atoms with Crippen LogP contribution in [-0.4, -0.2) is 32.4 Å². The molecule has 92 valence electrons. The maximum atomic E-state index is 4.33. The fourth-order valence-electron chi connectivity index (χ4n) is 1.78. The topological polar surface area (TPSA) is 47.7 Å². The minimum absolute atomic E-state index is 0.962. The maximum Gasteiger partial charge on any atom is 0.105 e. The van der Waals surface area contributed by atoms with Crippen molar-refractivity contribution in [2.75, 3.05) is 13.1 Å². The van der Waals surface area contributed by atoms with E-state index in [1.54, 1.807) is 0 Å². The third-order valence-corrected chi connectivity index (χ3v) is 2.78. The third-order valence-electron chi connectivity index (χ3n) is 2.78. The zero-order valence-corrected chi connectivity index (χ0v) is 10.4. The molecule has 0 spiro atoms. The monoisotopic (exact) mass is 233 g/mol. The second kappa shape index (κ2) is 5.63. The lowest BCUT2D eigenvalue weighted by Crippen LogP contribution is -2.22. The van der Waals surface area contributed by atoms with Crippen molar-refractivity contribution in [3.05, 3.63) is 36.2 Å². The fraction of sp³-hybridized carbons (Fsp3) is 0.500. The predicted octanol–water partition coefficient (Wildman–Crippen LogP) is 0.757. The van der Waals surface area contributed by atoms with Gasteiger partial charge in [0.2, 0.25) is 0 Å². The van der Waals surface area contributed by atoms with Crippen LogP contribution in [0, 0.1) is 6.92 Å². The molecule has 2 aromatic rings. The van der Waals surface area contributed by atoms with Gasteiger partial charge in [-0.15, -0.1) is 0 Å². The lowest BCUT2D eigenvalue weighted by Gasteiger charge is -2.06. The average Bonchev–Trinajstić information content (AvgIpc) is 2.88. The van der Waals surface area contributed by atoms with E-state index < -0.39 is 0 Å². The van der Waals surface area contributed by atoms with Gasteiger partial charge in [-0.1, -0.05) is 0 Å². The molecule has 5 heteroatoms. The Balaban J connectivity index is 1.62. The first-order valence-electron chi connectivity index (χ1n) is 5.92. The van der Waals surface area contributed by atoms with Crippen molar-refractivity contribution in [2.45, 2.75) is 19.9 Å². The molecule has 0 saturated heterocycles. The van der Waals surface area contributed by atoms with Crippen LogP contribution in [0.25, 0.3) is 0 Å². The van der Waals surface area contributed by atoms with E-state index in [-0.39, 0.29) is 0 Å². The highest BCUT2D eigenvalue weighted by atomic mass is 15.2. The molecule has 0 unspecified atom stereocenters. The number of nitrogens with zero attached hydrogens (tertiary/aromatic N) is 4. The summed E-state index contributed by atoms with van der Waals surface area (Å²) in [6.45, 7) is 4.91. The van der Waals surface area contributed by atoms with Gasteiger partial charge in [0, 0.05) is 51.7 Å². The van der Waals surface area contributed by atoms with Crippen LogP contribution in [0.4, 0.5) is 0 Å². The second-order valence-electron chi connectivity index (χ2n) is 4.15. The van der Waals surface area contributed by atoms with Gasteiger partial charge in [-0.25, -0.2) is 4.98 Å². The number of nitrogens with one attached hydrogen (secondary N) is 1. The Kier molecular flexibility index (Phi) is 3.93. The van der Waals surface area contributed by atoms with Gasteiger partial charge in [-0.05, 0) is 13.0 Å². The summed E-state index contributed by atoms with van der Waals surface area (Å²) in [5.74, 6) is 1.07. The number of aromatic nitrogens is 4. The van der Waals surface area contributed by atoms with Crippen LogP contribution in [-0.2, 0) is 20.0 Å². The summed E-state index contributed by atoms with van der Waals surface area (Å²) in [6, 6.07) is 2.06. The van der Waals surface area contributed by atoms with E-state index >= 15 is 0 Å². The number of hydrogen-bond donors (Lipinski definition) is 1. The maximum absolute atomic E-state index is 4.33. The molecule has 17 heavy (non-hydrogen) atoms. The van der Waals surface area contributed by atoms with Crippen molar-refractivity contribution < 1.29 is 0 Å². The van der Waals surface area contributed by atoms with E-state index in [0.29, 0.717) is 0 Å². The SMILES string of the molecule is Cc1nccn1CCNCCc1ccn(C)n1. The van der Waals surface area contributed by atoms with E-state index in [2.05, 4.69) is 26.0 Å². The molecule has 1 N–H and O–H groups in total. The minimum Gasteiger partial charge on any atom is -0.334 e. The predicted molar refractivity (Wildman–Crippen MR) is 66.7 cm³/mol. The van der Waals surface area contributed by atoms with Crippen molar-refractivity contribution in [3.8, 4) is 0 Å². The molecule has 2 aromatic heterocycles. The number of rotatable bonds is 6. The summed E-state index contributed by atoms with van der Waals surface area (Å²) < 4.78 is 3.98. The number of imidazole rings is 1. The van der Waals surface area contributed by atoms with E-state index in [0.717, 1.165) is 37.6 Å². The van der Waals surface area contributed by atoms with Crippen LogP contribution in [0.2, 0.25) is 0 Å². The highest BCUT2D eigenvalue weighted by Gasteiger charge is 1.97. The summed E-state index contributed by atoms with van der Waals surface area (Å²) in [7, 11) is 1.94. The molecule has 0 bridgehead atoms. The lowest BCUT2D eigenvalue weighted by atomic mass is 10.3. The molecule has 0 atom stereocenters. The van der Waals surface area contributed by atoms with Gasteiger partial charge in [0.15, 0.2) is 0 Å². The van der Waals surface area contributed by atoms with Crippen LogP contribution in [0.15, 0.2) is 24.7 Å². The van der Waals surface area contributed by atoms with E-state index in [9.17, 15) is 0 Å². The molecule has 0 aromatic carbocycles. The molecule has 2 heterocycles. The summed E-state index contributed by atoms with van der Waals surface area (Å²) in [4.78, 5) is 4.19. The molecule has 0 fully saturated rings. The largest absolute Gasteiger partial charge is 0.334 e. The van der Waals surface area contributed by atoms with Crippen molar-refractivity contribution >= 4 is 0 Å². The second-order valence-corrected chi connectivity index (χ2v) is 4.15. The van der Waals surface area contributed by atoms with Crippen LogP contribution >= 0.6 is 0 Å². The van der Waals surface area contributed by atoms with E-state index in [1.807, 2.05) is 37.2 Å². The Bertz CT molecular complexity index is 457. The normalized spacial score (nSPS) is 10.9. The number of aryl methyl sites for hydroxylation is 2. The first kappa shape index (κ1) is 11.9. The summed E-state index contributed by atoms with van der Waals surface area (Å²) >= 11 is 0. The van der Waals surface area contributed by atoms with E-state index in [1.165, 1.54) is 0 Å². The molecule has 0 aliphatic rings. The number of hydrogen-bond acceptors (Lipinski definition) is 3. The van der Waals surface area contributed by atoms with E-state index in [4.69, 9.17) is 0 Å². The molecule has 0 radical (unpaired) electrons. The highest BCUT2D eigenvalue weighted by molar-refractivity contribution is 4.98. The van der Waals surface area contributed by atoms with Crippen LogP contribution in [0.1, 0.15) is 11.5 Å². The summed E-state index contributed by atoms with van der Waals surface area (Å²) in [6.07, 6.45) is 6.80.